The number of aliphatic hydroxyl groups is 1. The van der Waals surface area contributed by atoms with E-state index >= 15 is 0 Å². The Morgan fingerprint density at radius 3 is 2.90 bits per heavy atom. The molecule has 112 valence electrons. The van der Waals surface area contributed by atoms with Gasteiger partial charge in [0.1, 0.15) is 5.69 Å². The van der Waals surface area contributed by atoms with Crippen molar-refractivity contribution in [2.24, 2.45) is 0 Å². The van der Waals surface area contributed by atoms with Crippen molar-refractivity contribution in [1.29, 1.82) is 0 Å². The molecular formula is C15H19N3O3. The number of carbonyl (C=O) groups is 2. The van der Waals surface area contributed by atoms with E-state index in [0.29, 0.717) is 18.5 Å². The van der Waals surface area contributed by atoms with E-state index in [-0.39, 0.29) is 30.5 Å². The van der Waals surface area contributed by atoms with Crippen molar-refractivity contribution in [3.63, 3.8) is 0 Å². The number of aromatic nitrogens is 1. The van der Waals surface area contributed by atoms with Crippen molar-refractivity contribution in [3.05, 3.63) is 29.6 Å². The maximum Gasteiger partial charge on any atom is 0.273 e. The van der Waals surface area contributed by atoms with Gasteiger partial charge in [-0.15, -0.1) is 0 Å². The SMILES string of the molecule is CNC(=O)CCN(C)C(=O)c1ncccc1C#CCCO. The van der Waals surface area contributed by atoms with Gasteiger partial charge in [-0.3, -0.25) is 9.59 Å². The highest BCUT2D eigenvalue weighted by Gasteiger charge is 2.16. The molecule has 1 aromatic rings. The normalized spacial score (nSPS) is 9.48. The largest absolute Gasteiger partial charge is 0.395 e. The number of hydrogen-bond acceptors (Lipinski definition) is 4. The van der Waals surface area contributed by atoms with Gasteiger partial charge in [0.15, 0.2) is 0 Å². The standard InChI is InChI=1S/C15H19N3O3/c1-16-13(20)8-10-18(2)15(21)14-12(6-3-4-11-19)7-5-9-17-14/h5,7,9,19H,4,8,10-11H2,1-2H3,(H,16,20). The van der Waals surface area contributed by atoms with Crippen molar-refractivity contribution in [2.75, 3.05) is 27.2 Å². The predicted molar refractivity (Wildman–Crippen MR) is 78.5 cm³/mol. The monoisotopic (exact) mass is 289 g/mol. The van der Waals surface area contributed by atoms with Crippen LogP contribution in [0.15, 0.2) is 18.3 Å². The Hall–Kier alpha value is -2.39. The molecule has 6 heteroatoms. The van der Waals surface area contributed by atoms with Crippen LogP contribution in [0.5, 0.6) is 0 Å². The molecule has 1 aromatic heterocycles. The number of nitrogens with zero attached hydrogens (tertiary/aromatic N) is 2. The lowest BCUT2D eigenvalue weighted by atomic mass is 10.1. The van der Waals surface area contributed by atoms with Crippen molar-refractivity contribution < 1.29 is 14.7 Å². The van der Waals surface area contributed by atoms with E-state index in [1.807, 2.05) is 0 Å². The topological polar surface area (TPSA) is 82.5 Å². The van der Waals surface area contributed by atoms with E-state index in [1.54, 1.807) is 26.2 Å². The third kappa shape index (κ3) is 5.24. The van der Waals surface area contributed by atoms with Crippen LogP contribution >= 0.6 is 0 Å². The Balaban J connectivity index is 2.82. The summed E-state index contributed by atoms with van der Waals surface area (Å²) in [6.07, 6.45) is 2.10. The lowest BCUT2D eigenvalue weighted by Crippen LogP contribution is -2.32. The molecule has 0 saturated heterocycles. The highest BCUT2D eigenvalue weighted by atomic mass is 16.2. The zero-order valence-electron chi connectivity index (χ0n) is 12.2. The van der Waals surface area contributed by atoms with Crippen molar-refractivity contribution in [3.8, 4) is 11.8 Å². The summed E-state index contributed by atoms with van der Waals surface area (Å²) < 4.78 is 0. The fourth-order valence-corrected chi connectivity index (χ4v) is 1.57. The van der Waals surface area contributed by atoms with Gasteiger partial charge in [-0.25, -0.2) is 4.98 Å². The van der Waals surface area contributed by atoms with Crippen molar-refractivity contribution in [2.45, 2.75) is 12.8 Å². The summed E-state index contributed by atoms with van der Waals surface area (Å²) >= 11 is 0. The van der Waals surface area contributed by atoms with Crippen LogP contribution in [-0.2, 0) is 4.79 Å². The quantitative estimate of drug-likeness (QED) is 0.749. The Bertz CT molecular complexity index is 561. The summed E-state index contributed by atoms with van der Waals surface area (Å²) in [5.74, 6) is 5.19. The maximum absolute atomic E-state index is 12.3. The van der Waals surface area contributed by atoms with Crippen LogP contribution in [-0.4, -0.2) is 54.1 Å². The van der Waals surface area contributed by atoms with Crippen LogP contribution in [0.4, 0.5) is 0 Å². The van der Waals surface area contributed by atoms with Gasteiger partial charge in [0.2, 0.25) is 5.91 Å². The summed E-state index contributed by atoms with van der Waals surface area (Å²) in [6, 6.07) is 3.40. The molecule has 0 fully saturated rings. The minimum absolute atomic E-state index is 0.0252. The molecule has 0 aliphatic rings. The van der Waals surface area contributed by atoms with Crippen LogP contribution in [0, 0.1) is 11.8 Å². The molecule has 0 aliphatic heterocycles. The Morgan fingerprint density at radius 2 is 2.24 bits per heavy atom. The van der Waals surface area contributed by atoms with Crippen molar-refractivity contribution >= 4 is 11.8 Å². The van der Waals surface area contributed by atoms with Gasteiger partial charge < -0.3 is 15.3 Å². The zero-order chi connectivity index (χ0) is 15.7. The lowest BCUT2D eigenvalue weighted by molar-refractivity contribution is -0.120. The van der Waals surface area contributed by atoms with Crippen molar-refractivity contribution in [1.82, 2.24) is 15.2 Å². The Kier molecular flexibility index (Phi) is 6.92. The molecule has 2 amide bonds. The molecule has 1 rings (SSSR count). The van der Waals surface area contributed by atoms with E-state index in [9.17, 15) is 9.59 Å². The van der Waals surface area contributed by atoms with Gasteiger partial charge in [0.25, 0.3) is 5.91 Å². The first kappa shape index (κ1) is 16.7. The molecule has 6 nitrogen and oxygen atoms in total. The van der Waals surface area contributed by atoms with Gasteiger partial charge in [-0.05, 0) is 12.1 Å². The van der Waals surface area contributed by atoms with E-state index < -0.39 is 0 Å². The molecule has 0 saturated carbocycles. The first-order chi connectivity index (χ1) is 10.1. The molecule has 0 bridgehead atoms. The van der Waals surface area contributed by atoms with Gasteiger partial charge in [-0.1, -0.05) is 11.8 Å². The van der Waals surface area contributed by atoms with Gasteiger partial charge in [-0.2, -0.15) is 0 Å². The van der Waals surface area contributed by atoms with Crippen LogP contribution in [0.3, 0.4) is 0 Å². The molecule has 0 aliphatic carbocycles. The molecule has 0 spiro atoms. The van der Waals surface area contributed by atoms with E-state index in [1.165, 1.54) is 11.1 Å². The van der Waals surface area contributed by atoms with Gasteiger partial charge in [0, 0.05) is 39.7 Å². The first-order valence-electron chi connectivity index (χ1n) is 6.61. The molecule has 0 radical (unpaired) electrons. The highest BCUT2D eigenvalue weighted by molar-refractivity contribution is 5.94. The fourth-order valence-electron chi connectivity index (χ4n) is 1.57. The van der Waals surface area contributed by atoms with Crippen LogP contribution in [0.25, 0.3) is 0 Å². The summed E-state index contributed by atoms with van der Waals surface area (Å²) in [4.78, 5) is 29.0. The third-order valence-corrected chi connectivity index (χ3v) is 2.77. The Labute approximate surface area is 124 Å². The van der Waals surface area contributed by atoms with Crippen LogP contribution in [0.2, 0.25) is 0 Å². The number of nitrogens with one attached hydrogen (secondary N) is 1. The average Bonchev–Trinajstić information content (AvgIpc) is 2.52. The second kappa shape index (κ2) is 8.72. The number of carbonyl (C=O) groups excluding carboxylic acids is 2. The number of pyridine rings is 1. The Morgan fingerprint density at radius 1 is 1.48 bits per heavy atom. The van der Waals surface area contributed by atoms with E-state index in [4.69, 9.17) is 5.11 Å². The molecule has 0 atom stereocenters. The number of aliphatic hydroxyl groups excluding tert-OH is 1. The fraction of sp³-hybridized carbons (Fsp3) is 0.400. The minimum atomic E-state index is -0.284. The first-order valence-corrected chi connectivity index (χ1v) is 6.61. The molecule has 0 aromatic carbocycles. The minimum Gasteiger partial charge on any atom is -0.395 e. The lowest BCUT2D eigenvalue weighted by Gasteiger charge is -2.16. The zero-order valence-corrected chi connectivity index (χ0v) is 12.2. The molecule has 21 heavy (non-hydrogen) atoms. The number of hydrogen-bond donors (Lipinski definition) is 2. The third-order valence-electron chi connectivity index (χ3n) is 2.77. The van der Waals surface area contributed by atoms with Gasteiger partial charge in [0.05, 0.1) is 12.2 Å². The maximum atomic E-state index is 12.3. The van der Waals surface area contributed by atoms with Crippen LogP contribution in [0.1, 0.15) is 28.9 Å². The number of rotatable bonds is 5. The highest BCUT2D eigenvalue weighted by Crippen LogP contribution is 2.07. The molecule has 2 N–H and O–H groups in total. The molecular weight excluding hydrogens is 270 g/mol. The average molecular weight is 289 g/mol. The molecule has 0 unspecified atom stereocenters. The second-order valence-electron chi connectivity index (χ2n) is 4.32. The van der Waals surface area contributed by atoms with Gasteiger partial charge >= 0.3 is 0 Å². The second-order valence-corrected chi connectivity index (χ2v) is 4.32. The van der Waals surface area contributed by atoms with Crippen LogP contribution < -0.4 is 5.32 Å². The van der Waals surface area contributed by atoms with E-state index in [0.717, 1.165) is 0 Å². The van der Waals surface area contributed by atoms with E-state index in [2.05, 4.69) is 22.1 Å². The summed E-state index contributed by atoms with van der Waals surface area (Å²) in [5.41, 5.74) is 0.769. The molecule has 1 heterocycles. The predicted octanol–water partition coefficient (Wildman–Crippen LogP) is 0.0236. The summed E-state index contributed by atoms with van der Waals surface area (Å²) in [7, 11) is 3.17. The number of amides is 2. The smallest absolute Gasteiger partial charge is 0.273 e. The summed E-state index contributed by atoms with van der Waals surface area (Å²) in [5, 5.41) is 11.2. The summed E-state index contributed by atoms with van der Waals surface area (Å²) in [6.45, 7) is 0.279.